The molecule has 2 nitrogen and oxygen atoms in total. The molecule has 0 aromatic carbocycles. The normalized spacial score (nSPS) is 28.7. The lowest BCUT2D eigenvalue weighted by molar-refractivity contribution is 0.0171. The van der Waals surface area contributed by atoms with E-state index in [0.717, 1.165) is 0 Å². The van der Waals surface area contributed by atoms with Crippen LogP contribution < -0.4 is 0 Å². The van der Waals surface area contributed by atoms with Crippen molar-refractivity contribution in [2.24, 2.45) is 0 Å². The van der Waals surface area contributed by atoms with E-state index in [1.54, 1.807) is 0 Å². The molecule has 1 unspecified atom stereocenters. The van der Waals surface area contributed by atoms with Crippen LogP contribution >= 0.6 is 0 Å². The van der Waals surface area contributed by atoms with Crippen LogP contribution in [-0.4, -0.2) is 35.2 Å². The first-order chi connectivity index (χ1) is 4.25. The second kappa shape index (κ2) is 2.67. The van der Waals surface area contributed by atoms with Gasteiger partial charge in [-0.25, -0.2) is 0 Å². The van der Waals surface area contributed by atoms with Crippen LogP contribution in [0.4, 0.5) is 0 Å². The first-order valence-electron chi connectivity index (χ1n) is 3.62. The lowest BCUT2D eigenvalue weighted by Crippen LogP contribution is -2.53. The Kier molecular flexibility index (Phi) is 2.09. The van der Waals surface area contributed by atoms with Crippen molar-refractivity contribution in [1.29, 1.82) is 0 Å². The van der Waals surface area contributed by atoms with Gasteiger partial charge in [-0.1, -0.05) is 0 Å². The lowest BCUT2D eigenvalue weighted by Gasteiger charge is -2.42. The predicted octanol–water partition coefficient (Wildman–Crippen LogP) is 0.461. The minimum absolute atomic E-state index is 0.332. The molecule has 1 fully saturated rings. The summed E-state index contributed by atoms with van der Waals surface area (Å²) in [5, 5.41) is 8.76. The number of aliphatic hydroxyl groups is 1. The Labute approximate surface area is 56.5 Å². The van der Waals surface area contributed by atoms with E-state index >= 15 is 0 Å². The largest absolute Gasteiger partial charge is 0.395 e. The number of hydrogen-bond donors (Lipinski definition) is 1. The van der Waals surface area contributed by atoms with E-state index in [1.165, 1.54) is 13.0 Å². The summed E-state index contributed by atoms with van der Waals surface area (Å²) in [4.78, 5) is 2.32. The Bertz CT molecular complexity index is 90.9. The molecule has 0 amide bonds. The van der Waals surface area contributed by atoms with Crippen molar-refractivity contribution in [3.8, 4) is 0 Å². The average Bonchev–Trinajstić information content (AvgIpc) is 1.61. The van der Waals surface area contributed by atoms with Crippen LogP contribution in [0.15, 0.2) is 0 Å². The Balaban J connectivity index is 2.27. The van der Waals surface area contributed by atoms with Gasteiger partial charge in [-0.3, -0.25) is 4.90 Å². The van der Waals surface area contributed by atoms with E-state index in [0.29, 0.717) is 18.7 Å². The zero-order chi connectivity index (χ0) is 6.85. The summed E-state index contributed by atoms with van der Waals surface area (Å²) in [5.74, 6) is 0. The fraction of sp³-hybridized carbons (Fsp3) is 1.00. The van der Waals surface area contributed by atoms with Crippen molar-refractivity contribution in [3.05, 3.63) is 0 Å². The Morgan fingerprint density at radius 2 is 2.33 bits per heavy atom. The quantitative estimate of drug-likeness (QED) is 0.585. The standard InChI is InChI=1S/C7H15NO/c1-6(2)8-4-3-7(8)5-9/h6-7,9H,3-5H2,1-2H3. The molecular formula is C7H15NO. The van der Waals surface area contributed by atoms with Gasteiger partial charge in [0.1, 0.15) is 0 Å². The van der Waals surface area contributed by atoms with Crippen LogP contribution in [0.3, 0.4) is 0 Å². The smallest absolute Gasteiger partial charge is 0.0587 e. The molecule has 1 aliphatic heterocycles. The van der Waals surface area contributed by atoms with Gasteiger partial charge in [0.2, 0.25) is 0 Å². The van der Waals surface area contributed by atoms with E-state index in [-0.39, 0.29) is 0 Å². The van der Waals surface area contributed by atoms with Crippen molar-refractivity contribution in [2.45, 2.75) is 32.4 Å². The van der Waals surface area contributed by atoms with Gasteiger partial charge >= 0.3 is 0 Å². The highest BCUT2D eigenvalue weighted by Gasteiger charge is 2.28. The number of nitrogens with zero attached hydrogens (tertiary/aromatic N) is 1. The second-order valence-electron chi connectivity index (χ2n) is 2.96. The number of likely N-dealkylation sites (tertiary alicyclic amines) is 1. The van der Waals surface area contributed by atoms with Gasteiger partial charge in [-0.15, -0.1) is 0 Å². The molecule has 0 aromatic heterocycles. The van der Waals surface area contributed by atoms with Gasteiger partial charge in [-0.2, -0.15) is 0 Å². The molecule has 2 heteroatoms. The van der Waals surface area contributed by atoms with Crippen molar-refractivity contribution < 1.29 is 5.11 Å². The van der Waals surface area contributed by atoms with Gasteiger partial charge in [0.15, 0.2) is 0 Å². The summed E-state index contributed by atoms with van der Waals surface area (Å²) in [6.45, 7) is 5.84. The van der Waals surface area contributed by atoms with Crippen molar-refractivity contribution in [2.75, 3.05) is 13.2 Å². The minimum Gasteiger partial charge on any atom is -0.395 e. The summed E-state index contributed by atoms with van der Waals surface area (Å²) in [7, 11) is 0. The van der Waals surface area contributed by atoms with Gasteiger partial charge in [0, 0.05) is 18.6 Å². The molecule has 54 valence electrons. The third-order valence-corrected chi connectivity index (χ3v) is 2.06. The summed E-state index contributed by atoms with van der Waals surface area (Å²) >= 11 is 0. The number of hydrogen-bond acceptors (Lipinski definition) is 2. The lowest BCUT2D eigenvalue weighted by atomic mass is 10.0. The van der Waals surface area contributed by atoms with E-state index in [9.17, 15) is 0 Å². The maximum absolute atomic E-state index is 8.76. The monoisotopic (exact) mass is 129 g/mol. The Morgan fingerprint density at radius 3 is 2.44 bits per heavy atom. The molecule has 0 bridgehead atoms. The topological polar surface area (TPSA) is 23.5 Å². The highest BCUT2D eigenvalue weighted by Crippen LogP contribution is 2.18. The Morgan fingerprint density at radius 1 is 1.67 bits per heavy atom. The van der Waals surface area contributed by atoms with Crippen molar-refractivity contribution >= 4 is 0 Å². The molecule has 0 saturated carbocycles. The van der Waals surface area contributed by atoms with Gasteiger partial charge < -0.3 is 5.11 Å². The highest BCUT2D eigenvalue weighted by molar-refractivity contribution is 4.83. The molecule has 1 atom stereocenters. The van der Waals surface area contributed by atoms with Crippen molar-refractivity contribution in [1.82, 2.24) is 4.90 Å². The summed E-state index contributed by atoms with van der Waals surface area (Å²) in [6, 6.07) is 1.07. The van der Waals surface area contributed by atoms with Crippen LogP contribution in [-0.2, 0) is 0 Å². The zero-order valence-electron chi connectivity index (χ0n) is 6.17. The predicted molar refractivity (Wildman–Crippen MR) is 37.3 cm³/mol. The fourth-order valence-electron chi connectivity index (χ4n) is 1.34. The highest BCUT2D eigenvalue weighted by atomic mass is 16.3. The molecule has 1 rings (SSSR count). The molecule has 9 heavy (non-hydrogen) atoms. The molecule has 1 saturated heterocycles. The van der Waals surface area contributed by atoms with Gasteiger partial charge in [0.25, 0.3) is 0 Å². The van der Waals surface area contributed by atoms with Gasteiger partial charge in [0.05, 0.1) is 6.61 Å². The summed E-state index contributed by atoms with van der Waals surface area (Å²) < 4.78 is 0. The maximum atomic E-state index is 8.76. The third-order valence-electron chi connectivity index (χ3n) is 2.06. The first-order valence-corrected chi connectivity index (χ1v) is 3.62. The molecule has 1 heterocycles. The first kappa shape index (κ1) is 7.03. The molecule has 0 radical (unpaired) electrons. The van der Waals surface area contributed by atoms with Gasteiger partial charge in [-0.05, 0) is 20.3 Å². The van der Waals surface area contributed by atoms with E-state index in [2.05, 4.69) is 18.7 Å². The second-order valence-corrected chi connectivity index (χ2v) is 2.96. The Hall–Kier alpha value is -0.0800. The zero-order valence-corrected chi connectivity index (χ0v) is 6.17. The van der Waals surface area contributed by atoms with E-state index in [4.69, 9.17) is 5.11 Å². The van der Waals surface area contributed by atoms with Crippen LogP contribution in [0.2, 0.25) is 0 Å². The van der Waals surface area contributed by atoms with Crippen LogP contribution in [0, 0.1) is 0 Å². The number of aliphatic hydroxyl groups excluding tert-OH is 1. The molecule has 0 spiro atoms. The third kappa shape index (κ3) is 1.25. The van der Waals surface area contributed by atoms with Crippen LogP contribution in [0.5, 0.6) is 0 Å². The summed E-state index contributed by atoms with van der Waals surface area (Å²) in [6.07, 6.45) is 1.18. The molecule has 0 aromatic rings. The minimum atomic E-state index is 0.332. The number of rotatable bonds is 2. The van der Waals surface area contributed by atoms with E-state index < -0.39 is 0 Å². The maximum Gasteiger partial charge on any atom is 0.0587 e. The molecular weight excluding hydrogens is 114 g/mol. The average molecular weight is 129 g/mol. The van der Waals surface area contributed by atoms with E-state index in [1.807, 2.05) is 0 Å². The van der Waals surface area contributed by atoms with Crippen LogP contribution in [0.1, 0.15) is 20.3 Å². The molecule has 1 N–H and O–H groups in total. The van der Waals surface area contributed by atoms with Crippen LogP contribution in [0.25, 0.3) is 0 Å². The van der Waals surface area contributed by atoms with Crippen molar-refractivity contribution in [3.63, 3.8) is 0 Å². The summed E-state index contributed by atoms with van der Waals surface area (Å²) in [5.41, 5.74) is 0. The molecule has 1 aliphatic rings. The SMILES string of the molecule is CC(C)N1CCC1CO. The fourth-order valence-corrected chi connectivity index (χ4v) is 1.34. The molecule has 0 aliphatic carbocycles.